The van der Waals surface area contributed by atoms with E-state index in [1.54, 1.807) is 0 Å². The van der Waals surface area contributed by atoms with Crippen molar-refractivity contribution in [2.45, 2.75) is 49.1 Å². The summed E-state index contributed by atoms with van der Waals surface area (Å²) in [7, 11) is 0. The van der Waals surface area contributed by atoms with Crippen LogP contribution in [0.4, 0.5) is 13.9 Å². The molecule has 3 atom stereocenters. The van der Waals surface area contributed by atoms with E-state index in [1.807, 2.05) is 0 Å². The number of aromatic hydroxyl groups is 2. The van der Waals surface area contributed by atoms with E-state index in [0.29, 0.717) is 11.3 Å². The van der Waals surface area contributed by atoms with Crippen LogP contribution in [0, 0.1) is 5.92 Å². The molecule has 1 saturated heterocycles. The van der Waals surface area contributed by atoms with Gasteiger partial charge in [-0.3, -0.25) is 19.3 Å². The number of alkyl halides is 2. The van der Waals surface area contributed by atoms with Gasteiger partial charge in [0.05, 0.1) is 10.6 Å². The molecule has 16 nitrogen and oxygen atoms in total. The highest BCUT2D eigenvalue weighted by molar-refractivity contribution is 8.01. The number of hydrogen-bond donors (Lipinski definition) is 7. The number of oxime groups is 1. The summed E-state index contributed by atoms with van der Waals surface area (Å²) in [6.45, 7) is 0.145. The van der Waals surface area contributed by atoms with Crippen LogP contribution in [0.25, 0.3) is 0 Å². The minimum absolute atomic E-state index is 0.0413. The van der Waals surface area contributed by atoms with Crippen LogP contribution in [0.3, 0.4) is 0 Å². The molecule has 0 bridgehead atoms. The predicted octanol–water partition coefficient (Wildman–Crippen LogP) is 2.69. The fourth-order valence-electron chi connectivity index (χ4n) is 5.67. The largest absolute Gasteiger partial charge is 0.504 e. The second-order valence-electron chi connectivity index (χ2n) is 11.8. The summed E-state index contributed by atoms with van der Waals surface area (Å²) in [5, 5.41) is 48.2. The number of carbonyl (C=O) groups is 5. The van der Waals surface area contributed by atoms with Gasteiger partial charge in [-0.2, -0.15) is 11.8 Å². The molecule has 1 aromatic heterocycles. The van der Waals surface area contributed by atoms with Crippen molar-refractivity contribution >= 4 is 87.0 Å². The highest BCUT2D eigenvalue weighted by Crippen LogP contribution is 2.42. The molecule has 3 aliphatic rings. The van der Waals surface area contributed by atoms with Gasteiger partial charge in [-0.15, -0.1) is 23.1 Å². The molecule has 280 valence electrons. The topological polar surface area (TPSA) is 254 Å². The van der Waals surface area contributed by atoms with Crippen LogP contribution in [-0.2, 0) is 24.0 Å². The van der Waals surface area contributed by atoms with Crippen LogP contribution < -0.4 is 16.4 Å². The van der Waals surface area contributed by atoms with E-state index in [9.17, 15) is 53.2 Å². The standard InChI is InChI=1S/C30H31ClF2N6O10S3/c31-17-14(1-2-16(40)21(17)41)23(42)35-7-8-50-9-13-10-51-26-19(25(44)39(26)20(13)27(45)46)37-24(43)18(15-11-52-29(34)36-15)38-49-22(28(47)48)12-3-5-30(32,33)6-4-12/h1-2,11-12,19,22,26,40-41H,3-10H2,(H2,34,36)(H,35,42)(H,37,43)(H,45,46)(H,47,48)/b38-18-/t19-,22+,26-/m1/s1. The normalized spacial score (nSPS) is 20.8. The van der Waals surface area contributed by atoms with Crippen molar-refractivity contribution in [1.29, 1.82) is 0 Å². The van der Waals surface area contributed by atoms with Crippen molar-refractivity contribution in [2.75, 3.05) is 29.5 Å². The number of carboxylic acid groups (broad SMARTS) is 2. The molecule has 3 heterocycles. The number of halogens is 3. The fraction of sp³-hybridized carbons (Fsp3) is 0.433. The third-order valence-electron chi connectivity index (χ3n) is 8.35. The highest BCUT2D eigenvalue weighted by atomic mass is 35.5. The molecule has 1 aliphatic carbocycles. The first kappa shape index (κ1) is 38.9. The molecule has 22 heteroatoms. The smallest absolute Gasteiger partial charge is 0.352 e. The molecule has 8 N–H and O–H groups in total. The Morgan fingerprint density at radius 2 is 1.92 bits per heavy atom. The molecule has 2 aromatic rings. The number of anilines is 1. The number of fused-ring (bicyclic) bond motifs is 1. The van der Waals surface area contributed by atoms with Crippen molar-refractivity contribution in [1.82, 2.24) is 20.5 Å². The molecule has 2 aliphatic heterocycles. The lowest BCUT2D eigenvalue weighted by molar-refractivity contribution is -0.158. The quantitative estimate of drug-likeness (QED) is 0.0477. The fourth-order valence-corrected chi connectivity index (χ4v) is 8.81. The van der Waals surface area contributed by atoms with Crippen LogP contribution in [0.5, 0.6) is 11.5 Å². The van der Waals surface area contributed by atoms with Crippen LogP contribution >= 0.6 is 46.5 Å². The van der Waals surface area contributed by atoms with Gasteiger partial charge < -0.3 is 41.6 Å². The van der Waals surface area contributed by atoms with E-state index in [4.69, 9.17) is 22.2 Å². The summed E-state index contributed by atoms with van der Waals surface area (Å²) < 4.78 is 27.4. The van der Waals surface area contributed by atoms with E-state index < -0.39 is 89.1 Å². The van der Waals surface area contributed by atoms with Crippen LogP contribution in [0.2, 0.25) is 5.02 Å². The first-order valence-corrected chi connectivity index (χ1v) is 18.9. The molecule has 3 amide bonds. The summed E-state index contributed by atoms with van der Waals surface area (Å²) in [5.74, 6) is -9.24. The second kappa shape index (κ2) is 16.1. The van der Waals surface area contributed by atoms with Crippen molar-refractivity contribution in [3.8, 4) is 11.5 Å². The zero-order chi connectivity index (χ0) is 37.9. The van der Waals surface area contributed by atoms with Gasteiger partial charge in [-0.1, -0.05) is 16.8 Å². The van der Waals surface area contributed by atoms with E-state index in [1.165, 1.54) is 35.0 Å². The summed E-state index contributed by atoms with van der Waals surface area (Å²) >= 11 is 9.36. The summed E-state index contributed by atoms with van der Waals surface area (Å²) in [4.78, 5) is 73.8. The number of nitrogens with one attached hydrogen (secondary N) is 2. The van der Waals surface area contributed by atoms with Crippen LogP contribution in [-0.4, -0.2) is 113 Å². The summed E-state index contributed by atoms with van der Waals surface area (Å²) in [6, 6.07) is 1.17. The number of aliphatic carboxylic acids is 2. The molecule has 52 heavy (non-hydrogen) atoms. The third kappa shape index (κ3) is 8.48. The van der Waals surface area contributed by atoms with E-state index in [0.717, 1.165) is 22.3 Å². The molecule has 0 radical (unpaired) electrons. The number of benzene rings is 1. The number of amides is 3. The van der Waals surface area contributed by atoms with Gasteiger partial charge in [0.2, 0.25) is 12.0 Å². The SMILES string of the molecule is Nc1nc(/C(=N/O[C@H](C(=O)O)C2CCC(F)(F)CC2)C(=O)N[C@@H]2C(=O)N3C(C(=O)O)=C(CSCCNC(=O)c4ccc(O)c(O)c4Cl)CS[C@H]23)cs1. The van der Waals surface area contributed by atoms with Gasteiger partial charge >= 0.3 is 11.9 Å². The number of β-lactam (4-membered cyclic amide) rings is 1. The molecular formula is C30H31ClF2N6O10S3. The molecule has 5 rings (SSSR count). The maximum absolute atomic E-state index is 13.7. The summed E-state index contributed by atoms with van der Waals surface area (Å²) in [6.07, 6.45) is -2.99. The van der Waals surface area contributed by atoms with Gasteiger partial charge in [0.25, 0.3) is 17.7 Å². The molecular weight excluding hydrogens is 774 g/mol. The Morgan fingerprint density at radius 1 is 1.21 bits per heavy atom. The molecule has 1 saturated carbocycles. The van der Waals surface area contributed by atoms with Gasteiger partial charge in [0, 0.05) is 47.9 Å². The van der Waals surface area contributed by atoms with Crippen molar-refractivity contribution in [3.63, 3.8) is 0 Å². The minimum atomic E-state index is -2.92. The zero-order valence-electron chi connectivity index (χ0n) is 26.7. The van der Waals surface area contributed by atoms with Gasteiger partial charge in [-0.25, -0.2) is 23.4 Å². The molecule has 0 unspecified atom stereocenters. The van der Waals surface area contributed by atoms with E-state index in [2.05, 4.69) is 20.8 Å². The average molecular weight is 805 g/mol. The number of phenols is 2. The third-order valence-corrected chi connectivity index (χ3v) is 11.8. The number of thioether (sulfide) groups is 2. The first-order valence-electron chi connectivity index (χ1n) is 15.4. The Morgan fingerprint density at radius 3 is 2.56 bits per heavy atom. The van der Waals surface area contributed by atoms with E-state index in [-0.39, 0.29) is 58.0 Å². The number of rotatable bonds is 14. The van der Waals surface area contributed by atoms with Gasteiger partial charge in [0.15, 0.2) is 22.3 Å². The second-order valence-corrected chi connectivity index (χ2v) is 15.3. The zero-order valence-corrected chi connectivity index (χ0v) is 29.9. The Hall–Kier alpha value is -4.34. The lowest BCUT2D eigenvalue weighted by Gasteiger charge is -2.49. The minimum Gasteiger partial charge on any atom is -0.504 e. The molecule has 2 fully saturated rings. The Labute approximate surface area is 310 Å². The molecule has 1 aromatic carbocycles. The van der Waals surface area contributed by atoms with Crippen LogP contribution in [0.15, 0.2) is 33.9 Å². The lowest BCUT2D eigenvalue weighted by Crippen LogP contribution is -2.71. The number of nitrogen functional groups attached to an aromatic ring is 1. The number of hydrogen-bond acceptors (Lipinski definition) is 14. The number of carboxylic acids is 2. The van der Waals surface area contributed by atoms with Gasteiger partial charge in [0.1, 0.15) is 22.8 Å². The Bertz CT molecular complexity index is 1840. The summed E-state index contributed by atoms with van der Waals surface area (Å²) in [5.41, 5.74) is 5.25. The number of nitrogens with two attached hydrogens (primary N) is 1. The Kier molecular flexibility index (Phi) is 12.1. The van der Waals surface area contributed by atoms with E-state index >= 15 is 0 Å². The maximum atomic E-state index is 13.7. The molecule has 0 spiro atoms. The van der Waals surface area contributed by atoms with Crippen molar-refractivity contribution in [2.24, 2.45) is 11.1 Å². The van der Waals surface area contributed by atoms with Gasteiger partial charge in [-0.05, 0) is 30.5 Å². The number of nitrogens with zero attached hydrogens (tertiary/aromatic N) is 3. The number of carbonyl (C=O) groups excluding carboxylic acids is 3. The average Bonchev–Trinajstić information content (AvgIpc) is 3.52. The number of thiazole rings is 1. The Balaban J connectivity index is 1.21. The maximum Gasteiger partial charge on any atom is 0.352 e. The van der Waals surface area contributed by atoms with Crippen molar-refractivity contribution in [3.05, 3.63) is 45.1 Å². The monoisotopic (exact) mass is 804 g/mol. The first-order chi connectivity index (χ1) is 24.6. The number of phenolic OH excluding ortho intramolecular Hbond substituents is 2. The highest BCUT2D eigenvalue weighted by Gasteiger charge is 2.54. The predicted molar refractivity (Wildman–Crippen MR) is 187 cm³/mol. The lowest BCUT2D eigenvalue weighted by atomic mass is 9.83. The van der Waals surface area contributed by atoms with Crippen molar-refractivity contribution < 1.29 is 58.0 Å². The van der Waals surface area contributed by atoms with Crippen LogP contribution in [0.1, 0.15) is 41.7 Å². The number of aromatic nitrogens is 1.